The van der Waals surface area contributed by atoms with Crippen LogP contribution in [0.25, 0.3) is 0 Å². The number of hydrogen-bond acceptors (Lipinski definition) is 2. The van der Waals surface area contributed by atoms with Crippen LogP contribution in [0.5, 0.6) is 0 Å². The zero-order valence-corrected chi connectivity index (χ0v) is 7.24. The maximum atomic E-state index is 9.94. The molecule has 0 N–H and O–H groups in total. The first-order valence-corrected chi connectivity index (χ1v) is 2.29. The van der Waals surface area contributed by atoms with Crippen LogP contribution in [0.1, 0.15) is 11.9 Å². The van der Waals surface area contributed by atoms with Crippen molar-refractivity contribution in [2.24, 2.45) is 0 Å². The van der Waals surface area contributed by atoms with Gasteiger partial charge in [0.2, 0.25) is 0 Å². The maximum Gasteiger partial charge on any atom is 1.00 e. The van der Waals surface area contributed by atoms with Gasteiger partial charge in [-0.3, -0.25) is 9.78 Å². The fraction of sp³-hybridized carbons (Fsp3) is 0. The standard InChI is InChI=1S/C6H5NO.Na.H/c8-5-6-3-1-2-4-7-6;;/h1-5H;;/q;+1;-1. The third kappa shape index (κ3) is 2.75. The summed E-state index contributed by atoms with van der Waals surface area (Å²) in [6.45, 7) is 0. The van der Waals surface area contributed by atoms with Gasteiger partial charge in [0.05, 0.1) is 0 Å². The Bertz CT molecular complexity index is 180. The molecule has 0 saturated carbocycles. The van der Waals surface area contributed by atoms with Gasteiger partial charge < -0.3 is 1.43 Å². The first kappa shape index (κ1) is 8.82. The zero-order chi connectivity index (χ0) is 5.82. The molecule has 1 heterocycles. The first-order valence-electron chi connectivity index (χ1n) is 2.29. The topological polar surface area (TPSA) is 30.0 Å². The van der Waals surface area contributed by atoms with Crippen molar-refractivity contribution < 1.29 is 35.8 Å². The molecule has 0 bridgehead atoms. The summed E-state index contributed by atoms with van der Waals surface area (Å²) in [6.07, 6.45) is 2.31. The molecule has 0 aliphatic heterocycles. The fourth-order valence-electron chi connectivity index (χ4n) is 0.446. The number of aldehydes is 1. The summed E-state index contributed by atoms with van der Waals surface area (Å²) in [5, 5.41) is 0. The predicted octanol–water partition coefficient (Wildman–Crippen LogP) is -1.99. The number of aromatic nitrogens is 1. The molecule has 0 spiro atoms. The fourth-order valence-corrected chi connectivity index (χ4v) is 0.446. The van der Waals surface area contributed by atoms with E-state index >= 15 is 0 Å². The molecule has 0 atom stereocenters. The van der Waals surface area contributed by atoms with E-state index in [2.05, 4.69) is 4.98 Å². The van der Waals surface area contributed by atoms with E-state index in [4.69, 9.17) is 0 Å². The number of pyridine rings is 1. The third-order valence-corrected chi connectivity index (χ3v) is 0.809. The van der Waals surface area contributed by atoms with Crippen LogP contribution in [-0.4, -0.2) is 11.3 Å². The van der Waals surface area contributed by atoms with Gasteiger partial charge in [0.1, 0.15) is 5.69 Å². The van der Waals surface area contributed by atoms with Crippen molar-refractivity contribution in [3.63, 3.8) is 0 Å². The van der Waals surface area contributed by atoms with E-state index in [0.717, 1.165) is 6.29 Å². The molecule has 2 nitrogen and oxygen atoms in total. The Morgan fingerprint density at radius 2 is 2.33 bits per heavy atom. The first-order chi connectivity index (χ1) is 3.93. The van der Waals surface area contributed by atoms with Crippen LogP contribution in [0, 0.1) is 0 Å². The van der Waals surface area contributed by atoms with Gasteiger partial charge in [-0.25, -0.2) is 0 Å². The summed E-state index contributed by atoms with van der Waals surface area (Å²) >= 11 is 0. The molecule has 1 aromatic heterocycles. The number of rotatable bonds is 1. The summed E-state index contributed by atoms with van der Waals surface area (Å²) in [5.41, 5.74) is 0.479. The Kier molecular flexibility index (Phi) is 4.58. The van der Waals surface area contributed by atoms with Gasteiger partial charge in [-0.15, -0.1) is 0 Å². The zero-order valence-electron chi connectivity index (χ0n) is 6.24. The second-order valence-corrected chi connectivity index (χ2v) is 1.37. The SMILES string of the molecule is O=Cc1ccccn1.[H-].[Na+]. The minimum Gasteiger partial charge on any atom is -1.00 e. The minimum absolute atomic E-state index is 0. The van der Waals surface area contributed by atoms with Crippen molar-refractivity contribution in [2.45, 2.75) is 0 Å². The number of carbonyl (C=O) groups is 1. The normalized spacial score (nSPS) is 7.56. The van der Waals surface area contributed by atoms with Gasteiger partial charge in [0.25, 0.3) is 0 Å². The Labute approximate surface area is 77.1 Å². The molecule has 42 valence electrons. The van der Waals surface area contributed by atoms with Crippen LogP contribution in [-0.2, 0) is 0 Å². The van der Waals surface area contributed by atoms with E-state index in [1.807, 2.05) is 0 Å². The smallest absolute Gasteiger partial charge is 1.00 e. The van der Waals surface area contributed by atoms with Gasteiger partial charge in [0.15, 0.2) is 6.29 Å². The molecule has 0 aromatic carbocycles. The monoisotopic (exact) mass is 131 g/mol. The van der Waals surface area contributed by atoms with E-state index in [-0.39, 0.29) is 31.0 Å². The summed E-state index contributed by atoms with van der Waals surface area (Å²) < 4.78 is 0. The van der Waals surface area contributed by atoms with Crippen molar-refractivity contribution >= 4 is 6.29 Å². The third-order valence-electron chi connectivity index (χ3n) is 0.809. The summed E-state index contributed by atoms with van der Waals surface area (Å²) in [5.74, 6) is 0. The Morgan fingerprint density at radius 3 is 2.67 bits per heavy atom. The molecule has 0 aliphatic rings. The van der Waals surface area contributed by atoms with Crippen molar-refractivity contribution in [1.82, 2.24) is 4.98 Å². The van der Waals surface area contributed by atoms with Crippen LogP contribution in [0.2, 0.25) is 0 Å². The van der Waals surface area contributed by atoms with Crippen LogP contribution in [0.15, 0.2) is 24.4 Å². The quantitative estimate of drug-likeness (QED) is 0.326. The number of carbonyl (C=O) groups excluding carboxylic acids is 1. The van der Waals surface area contributed by atoms with E-state index in [1.165, 1.54) is 0 Å². The average Bonchev–Trinajstić information content (AvgIpc) is 1.90. The molecular weight excluding hydrogens is 125 g/mol. The second kappa shape index (κ2) is 4.68. The molecular formula is C6H6NNaO. The molecule has 0 fully saturated rings. The van der Waals surface area contributed by atoms with E-state index in [1.54, 1.807) is 24.4 Å². The Morgan fingerprint density at radius 1 is 1.56 bits per heavy atom. The minimum atomic E-state index is 0. The summed E-state index contributed by atoms with van der Waals surface area (Å²) in [7, 11) is 0. The molecule has 1 rings (SSSR count). The van der Waals surface area contributed by atoms with Crippen molar-refractivity contribution in [3.05, 3.63) is 30.1 Å². The van der Waals surface area contributed by atoms with E-state index in [0.29, 0.717) is 5.69 Å². The van der Waals surface area contributed by atoms with Crippen molar-refractivity contribution in [2.75, 3.05) is 0 Å². The average molecular weight is 131 g/mol. The van der Waals surface area contributed by atoms with Gasteiger partial charge in [0, 0.05) is 6.20 Å². The van der Waals surface area contributed by atoms with Crippen molar-refractivity contribution in [1.29, 1.82) is 0 Å². The largest absolute Gasteiger partial charge is 1.00 e. The van der Waals surface area contributed by atoms with Crippen LogP contribution >= 0.6 is 0 Å². The van der Waals surface area contributed by atoms with Crippen molar-refractivity contribution in [3.8, 4) is 0 Å². The number of nitrogens with zero attached hydrogens (tertiary/aromatic N) is 1. The van der Waals surface area contributed by atoms with Crippen LogP contribution in [0.3, 0.4) is 0 Å². The van der Waals surface area contributed by atoms with Gasteiger partial charge in [-0.1, -0.05) is 6.07 Å². The van der Waals surface area contributed by atoms with E-state index in [9.17, 15) is 4.79 Å². The summed E-state index contributed by atoms with van der Waals surface area (Å²) in [6, 6.07) is 5.21. The van der Waals surface area contributed by atoms with Gasteiger partial charge in [-0.05, 0) is 12.1 Å². The number of hydrogen-bond donors (Lipinski definition) is 0. The van der Waals surface area contributed by atoms with E-state index < -0.39 is 0 Å². The predicted molar refractivity (Wildman–Crippen MR) is 30.7 cm³/mol. The molecule has 0 saturated heterocycles. The summed E-state index contributed by atoms with van der Waals surface area (Å²) in [4.78, 5) is 13.7. The maximum absolute atomic E-state index is 9.94. The van der Waals surface area contributed by atoms with Crippen LogP contribution in [0.4, 0.5) is 0 Å². The second-order valence-electron chi connectivity index (χ2n) is 1.37. The molecule has 1 aromatic rings. The van der Waals surface area contributed by atoms with Gasteiger partial charge in [-0.2, -0.15) is 0 Å². The van der Waals surface area contributed by atoms with Gasteiger partial charge >= 0.3 is 29.6 Å². The molecule has 0 radical (unpaired) electrons. The molecule has 0 amide bonds. The molecule has 0 aliphatic carbocycles. The molecule has 3 heteroatoms. The molecule has 0 unspecified atom stereocenters. The Balaban J connectivity index is 0. The van der Waals surface area contributed by atoms with Crippen LogP contribution < -0.4 is 29.6 Å². The molecule has 9 heavy (non-hydrogen) atoms. The Hall–Kier alpha value is -0.180.